The minimum Gasteiger partial charge on any atom is -0.394 e. The molecule has 0 unspecified atom stereocenters. The van der Waals surface area contributed by atoms with Gasteiger partial charge in [-0.2, -0.15) is 0 Å². The molecule has 0 aliphatic carbocycles. The van der Waals surface area contributed by atoms with E-state index in [0.717, 1.165) is 27.1 Å². The summed E-state index contributed by atoms with van der Waals surface area (Å²) in [4.78, 5) is 114. The van der Waals surface area contributed by atoms with Gasteiger partial charge in [0, 0.05) is 32.9 Å². The minimum atomic E-state index is -1.57. The van der Waals surface area contributed by atoms with Gasteiger partial charge in [0.05, 0.1) is 6.61 Å². The maximum absolute atomic E-state index is 14.6. The topological polar surface area (TPSA) is 323 Å². The summed E-state index contributed by atoms with van der Waals surface area (Å²) in [7, 11) is 0. The summed E-state index contributed by atoms with van der Waals surface area (Å²) in [6.07, 6.45) is 1.15. The molecule has 71 heavy (non-hydrogen) atoms. The van der Waals surface area contributed by atoms with E-state index in [4.69, 9.17) is 17.2 Å². The SMILES string of the molecule is CC(=O)N[C@H](Cc1ccc2ccccc2c1)C(=O)N[C@@H](CO)C(=O)N[C@H](Cc1ccc2ccccc2c1)C(=O)N[C@@H](CC(C)C)C(=O)N[C@@H](CCCN=C(N)N)C(=O)N1CCC[C@H]1C(=O)N[C@H](C)C(N)=O. The summed E-state index contributed by atoms with van der Waals surface area (Å²) >= 11 is 0. The molecule has 1 fully saturated rings. The summed E-state index contributed by atoms with van der Waals surface area (Å²) in [5.74, 6) is -5.90. The first-order valence-electron chi connectivity index (χ1n) is 23.8. The Hall–Kier alpha value is -7.61. The number of guanidine groups is 1. The molecule has 20 nitrogen and oxygen atoms in total. The lowest BCUT2D eigenvalue weighted by Crippen LogP contribution is -2.60. The van der Waals surface area contributed by atoms with Gasteiger partial charge in [0.25, 0.3) is 0 Å². The van der Waals surface area contributed by atoms with Crippen LogP contribution in [-0.2, 0) is 51.2 Å². The van der Waals surface area contributed by atoms with Crippen LogP contribution >= 0.6 is 0 Å². The van der Waals surface area contributed by atoms with Crippen LogP contribution in [0.25, 0.3) is 21.5 Å². The zero-order valence-corrected chi connectivity index (χ0v) is 40.6. The monoisotopic (exact) mass is 978 g/mol. The first-order valence-corrected chi connectivity index (χ1v) is 23.8. The number of nitrogens with zero attached hydrogens (tertiary/aromatic N) is 2. The molecule has 0 spiro atoms. The number of hydrogen-bond donors (Lipinski definition) is 10. The van der Waals surface area contributed by atoms with E-state index >= 15 is 0 Å². The number of amides is 8. The fourth-order valence-corrected chi connectivity index (χ4v) is 8.50. The molecule has 8 amide bonds. The number of aliphatic hydroxyl groups excluding tert-OH is 1. The van der Waals surface area contributed by atoms with Crippen LogP contribution in [0.15, 0.2) is 89.9 Å². The van der Waals surface area contributed by atoms with Crippen molar-refractivity contribution in [3.63, 3.8) is 0 Å². The summed E-state index contributed by atoms with van der Waals surface area (Å²) in [6.45, 7) is 5.80. The highest BCUT2D eigenvalue weighted by atomic mass is 16.3. The summed E-state index contributed by atoms with van der Waals surface area (Å²) < 4.78 is 0. The molecule has 7 atom stereocenters. The third-order valence-corrected chi connectivity index (χ3v) is 12.2. The number of rotatable bonds is 24. The van der Waals surface area contributed by atoms with Crippen molar-refractivity contribution >= 4 is 74.8 Å². The fraction of sp³-hybridized carbons (Fsp3) is 0.431. The maximum Gasteiger partial charge on any atom is 0.245 e. The third-order valence-electron chi connectivity index (χ3n) is 12.2. The normalized spacial score (nSPS) is 15.9. The number of aliphatic hydroxyl groups is 1. The molecular weight excluding hydrogens is 911 g/mol. The van der Waals surface area contributed by atoms with Gasteiger partial charge in [-0.25, -0.2) is 0 Å². The molecule has 1 heterocycles. The van der Waals surface area contributed by atoms with Crippen molar-refractivity contribution in [2.75, 3.05) is 19.7 Å². The standard InChI is InChI=1S/C51H67N11O9/c1-29(2)23-39(45(66)58-38(15-9-21-55-51(53)54)50(71)62-22-10-16-43(62)49(70)56-30(3)44(52)65)59-47(68)41(27-33-18-20-35-12-6-8-14-37(35)25-33)60-48(69)42(28-63)61-46(67)40(57-31(4)64)26-32-17-19-34-11-5-7-13-36(34)24-32/h5-8,11-14,17-20,24-25,29-30,38-43,63H,9-10,15-16,21-23,26-28H2,1-4H3,(H2,52,65)(H,56,70)(H,57,64)(H,58,66)(H,59,68)(H,60,69)(H,61,67)(H4,53,54,55)/t30-,38+,39+,40-,41-,42+,43+/m1/s1. The van der Waals surface area contributed by atoms with E-state index in [-0.39, 0.29) is 57.1 Å². The molecule has 13 N–H and O–H groups in total. The van der Waals surface area contributed by atoms with Crippen LogP contribution in [0, 0.1) is 5.92 Å². The zero-order valence-electron chi connectivity index (χ0n) is 40.6. The smallest absolute Gasteiger partial charge is 0.245 e. The van der Waals surface area contributed by atoms with Gasteiger partial charge in [-0.1, -0.05) is 98.8 Å². The molecule has 4 aromatic rings. The molecule has 4 aromatic carbocycles. The molecule has 20 heteroatoms. The molecule has 1 aliphatic heterocycles. The van der Waals surface area contributed by atoms with E-state index in [0.29, 0.717) is 18.4 Å². The van der Waals surface area contributed by atoms with Gasteiger partial charge in [-0.3, -0.25) is 43.3 Å². The van der Waals surface area contributed by atoms with Crippen LogP contribution in [0.3, 0.4) is 0 Å². The fourth-order valence-electron chi connectivity index (χ4n) is 8.50. The van der Waals surface area contributed by atoms with E-state index in [1.165, 1.54) is 18.7 Å². The number of carbonyl (C=O) groups is 8. The van der Waals surface area contributed by atoms with Gasteiger partial charge in [-0.15, -0.1) is 0 Å². The molecule has 0 aromatic heterocycles. The Balaban J connectivity index is 1.38. The number of primary amides is 1. The average molecular weight is 978 g/mol. The highest BCUT2D eigenvalue weighted by Gasteiger charge is 2.39. The molecule has 0 saturated carbocycles. The second-order valence-electron chi connectivity index (χ2n) is 18.4. The maximum atomic E-state index is 14.6. The zero-order chi connectivity index (χ0) is 51.8. The number of fused-ring (bicyclic) bond motifs is 2. The van der Waals surface area contributed by atoms with E-state index in [9.17, 15) is 43.5 Å². The van der Waals surface area contributed by atoms with Crippen molar-refractivity contribution in [3.8, 4) is 0 Å². The minimum absolute atomic E-state index is 0.0478. The third kappa shape index (κ3) is 16.0. The number of aliphatic imine (C=N–C) groups is 1. The van der Waals surface area contributed by atoms with Crippen molar-refractivity contribution in [2.45, 2.75) is 115 Å². The second kappa shape index (κ2) is 25.8. The summed E-state index contributed by atoms with van der Waals surface area (Å²) in [5, 5.41) is 30.2. The molecular formula is C51H67N11O9. The average Bonchev–Trinajstić information content (AvgIpc) is 3.83. The number of hydrogen-bond acceptors (Lipinski definition) is 10. The first kappa shape index (κ1) is 54.3. The van der Waals surface area contributed by atoms with Crippen LogP contribution in [0.2, 0.25) is 0 Å². The van der Waals surface area contributed by atoms with Gasteiger partial charge in [0.1, 0.15) is 42.3 Å². The Morgan fingerprint density at radius 3 is 1.66 bits per heavy atom. The van der Waals surface area contributed by atoms with Crippen molar-refractivity contribution in [1.82, 2.24) is 36.8 Å². The number of likely N-dealkylation sites (tertiary alicyclic amines) is 1. The first-order chi connectivity index (χ1) is 33.8. The summed E-state index contributed by atoms with van der Waals surface area (Å²) in [5.41, 5.74) is 17.8. The Labute approximate surface area is 412 Å². The molecule has 380 valence electrons. The molecule has 5 rings (SSSR count). The van der Waals surface area contributed by atoms with Crippen molar-refractivity contribution in [2.24, 2.45) is 28.1 Å². The summed E-state index contributed by atoms with van der Waals surface area (Å²) in [6, 6.07) is 17.9. The van der Waals surface area contributed by atoms with Gasteiger partial charge >= 0.3 is 0 Å². The van der Waals surface area contributed by atoms with Crippen LogP contribution in [0.4, 0.5) is 0 Å². The van der Waals surface area contributed by atoms with Crippen LogP contribution < -0.4 is 49.1 Å². The Morgan fingerprint density at radius 1 is 0.648 bits per heavy atom. The number of nitrogens with two attached hydrogens (primary N) is 3. The molecule has 0 bridgehead atoms. The van der Waals surface area contributed by atoms with Gasteiger partial charge in [-0.05, 0) is 77.6 Å². The van der Waals surface area contributed by atoms with E-state index in [1.807, 2.05) is 92.7 Å². The molecule has 0 radical (unpaired) electrons. The lowest BCUT2D eigenvalue weighted by molar-refractivity contribution is -0.142. The highest BCUT2D eigenvalue weighted by Crippen LogP contribution is 2.22. The van der Waals surface area contributed by atoms with Crippen LogP contribution in [-0.4, -0.2) is 125 Å². The second-order valence-corrected chi connectivity index (χ2v) is 18.4. The van der Waals surface area contributed by atoms with E-state index < -0.39 is 96.2 Å². The van der Waals surface area contributed by atoms with Crippen molar-refractivity contribution < 1.29 is 43.5 Å². The van der Waals surface area contributed by atoms with Gasteiger partial charge in [0.15, 0.2) is 5.96 Å². The van der Waals surface area contributed by atoms with Crippen molar-refractivity contribution in [1.29, 1.82) is 0 Å². The van der Waals surface area contributed by atoms with Gasteiger partial charge in [0.2, 0.25) is 47.3 Å². The lowest BCUT2D eigenvalue weighted by Gasteiger charge is -2.31. The molecule has 1 aliphatic rings. The Bertz CT molecular complexity index is 2600. The highest BCUT2D eigenvalue weighted by molar-refractivity contribution is 5.98. The predicted molar refractivity (Wildman–Crippen MR) is 269 cm³/mol. The number of carbonyl (C=O) groups excluding carboxylic acids is 8. The van der Waals surface area contributed by atoms with Crippen LogP contribution in [0.1, 0.15) is 70.9 Å². The largest absolute Gasteiger partial charge is 0.394 e. The number of nitrogens with one attached hydrogen (secondary N) is 6. The van der Waals surface area contributed by atoms with Crippen LogP contribution in [0.5, 0.6) is 0 Å². The van der Waals surface area contributed by atoms with Gasteiger partial charge < -0.3 is 59.1 Å². The lowest BCUT2D eigenvalue weighted by atomic mass is 9.98. The van der Waals surface area contributed by atoms with E-state index in [2.05, 4.69) is 36.9 Å². The number of benzene rings is 4. The molecule has 1 saturated heterocycles. The predicted octanol–water partition coefficient (Wildman–Crippen LogP) is 0.295. The Kier molecular flexibility index (Phi) is 19.8. The van der Waals surface area contributed by atoms with E-state index in [1.54, 1.807) is 6.07 Å². The quantitative estimate of drug-likeness (QED) is 0.0259. The van der Waals surface area contributed by atoms with Crippen molar-refractivity contribution in [3.05, 3.63) is 96.1 Å². The Morgan fingerprint density at radius 2 is 1.14 bits per heavy atom.